The molecule has 1 N–H and O–H groups in total. The molecule has 1 aliphatic heterocycles. The summed E-state index contributed by atoms with van der Waals surface area (Å²) in [6.07, 6.45) is 1.52. The number of anilines is 1. The zero-order valence-corrected chi connectivity index (χ0v) is 12.1. The van der Waals surface area contributed by atoms with Gasteiger partial charge in [0.2, 0.25) is 0 Å². The van der Waals surface area contributed by atoms with Crippen LogP contribution in [0.5, 0.6) is 0 Å². The topological polar surface area (TPSA) is 63.7 Å². The van der Waals surface area contributed by atoms with Crippen LogP contribution in [0.25, 0.3) is 0 Å². The van der Waals surface area contributed by atoms with Crippen molar-refractivity contribution >= 4 is 11.6 Å². The zero-order valence-electron chi connectivity index (χ0n) is 12.1. The molecular weight excluding hydrogens is 258 g/mol. The molecule has 1 aromatic heterocycles. The Morgan fingerprint density at radius 2 is 2.00 bits per heavy atom. The Morgan fingerprint density at radius 3 is 2.45 bits per heavy atom. The third kappa shape index (κ3) is 3.08. The lowest BCUT2D eigenvalue weighted by molar-refractivity contribution is -0.00461. The molecule has 20 heavy (non-hydrogen) atoms. The fourth-order valence-corrected chi connectivity index (χ4v) is 2.35. The number of aromatic nitrogens is 1. The number of carbonyl (C=O) groups is 1. The van der Waals surface area contributed by atoms with E-state index in [-0.39, 0.29) is 18.1 Å². The second-order valence-electron chi connectivity index (χ2n) is 4.72. The number of rotatable bonds is 5. The summed E-state index contributed by atoms with van der Waals surface area (Å²) >= 11 is 0. The van der Waals surface area contributed by atoms with E-state index >= 15 is 0 Å². The van der Waals surface area contributed by atoms with Gasteiger partial charge in [0.15, 0.2) is 0 Å². The van der Waals surface area contributed by atoms with Crippen molar-refractivity contribution in [2.24, 2.45) is 0 Å². The van der Waals surface area contributed by atoms with Crippen molar-refractivity contribution in [1.29, 1.82) is 0 Å². The second kappa shape index (κ2) is 6.67. The van der Waals surface area contributed by atoms with E-state index in [1.807, 2.05) is 13.0 Å². The quantitative estimate of drug-likeness (QED) is 0.871. The van der Waals surface area contributed by atoms with Gasteiger partial charge >= 0.3 is 0 Å². The monoisotopic (exact) mass is 279 g/mol. The highest BCUT2D eigenvalue weighted by molar-refractivity contribution is 5.92. The molecule has 1 aliphatic rings. The lowest BCUT2D eigenvalue weighted by Crippen LogP contribution is -2.30. The summed E-state index contributed by atoms with van der Waals surface area (Å²) in [4.78, 5) is 18.3. The molecule has 2 atom stereocenters. The Bertz CT molecular complexity index is 437. The zero-order chi connectivity index (χ0) is 14.5. The predicted octanol–water partition coefficient (Wildman–Crippen LogP) is 0.999. The van der Waals surface area contributed by atoms with Gasteiger partial charge in [-0.1, -0.05) is 0 Å². The van der Waals surface area contributed by atoms with Crippen LogP contribution in [0.2, 0.25) is 0 Å². The number of pyridine rings is 1. The van der Waals surface area contributed by atoms with E-state index < -0.39 is 0 Å². The molecule has 2 unspecified atom stereocenters. The molecule has 0 saturated carbocycles. The fraction of sp³-hybridized carbons (Fsp3) is 0.571. The first-order valence-electron chi connectivity index (χ1n) is 6.74. The van der Waals surface area contributed by atoms with Crippen molar-refractivity contribution < 1.29 is 14.3 Å². The molecule has 0 bridgehead atoms. The molecule has 2 heterocycles. The molecular formula is C14H21N3O3. The highest BCUT2D eigenvalue weighted by atomic mass is 16.5. The van der Waals surface area contributed by atoms with Gasteiger partial charge in [-0.25, -0.2) is 4.98 Å². The molecule has 1 amide bonds. The van der Waals surface area contributed by atoms with Crippen molar-refractivity contribution in [3.63, 3.8) is 0 Å². The SMILES string of the molecule is CCNc1ccc(C(=O)N2CC(OC)C(OC)C2)nc1. The van der Waals surface area contributed by atoms with Crippen LogP contribution in [-0.2, 0) is 9.47 Å². The molecule has 0 spiro atoms. The maximum atomic E-state index is 12.4. The lowest BCUT2D eigenvalue weighted by Gasteiger charge is -2.15. The number of nitrogens with one attached hydrogen (secondary N) is 1. The minimum absolute atomic E-state index is 0.0787. The molecule has 6 heteroatoms. The number of amides is 1. The Morgan fingerprint density at radius 1 is 1.35 bits per heavy atom. The molecule has 6 nitrogen and oxygen atoms in total. The van der Waals surface area contributed by atoms with Gasteiger partial charge < -0.3 is 19.7 Å². The predicted molar refractivity (Wildman–Crippen MR) is 75.9 cm³/mol. The van der Waals surface area contributed by atoms with Crippen LogP contribution in [0.1, 0.15) is 17.4 Å². The van der Waals surface area contributed by atoms with E-state index in [9.17, 15) is 4.79 Å². The molecule has 1 saturated heterocycles. The van der Waals surface area contributed by atoms with Crippen LogP contribution in [0, 0.1) is 0 Å². The van der Waals surface area contributed by atoms with Gasteiger partial charge in [0, 0.05) is 33.9 Å². The molecule has 0 radical (unpaired) electrons. The average molecular weight is 279 g/mol. The van der Waals surface area contributed by atoms with E-state index in [1.165, 1.54) is 0 Å². The Hall–Kier alpha value is -1.66. The largest absolute Gasteiger partial charge is 0.384 e. The van der Waals surface area contributed by atoms with Gasteiger partial charge in [0.05, 0.1) is 11.9 Å². The van der Waals surface area contributed by atoms with E-state index in [1.54, 1.807) is 31.4 Å². The normalized spacial score (nSPS) is 22.1. The van der Waals surface area contributed by atoms with Crippen molar-refractivity contribution in [3.05, 3.63) is 24.0 Å². The van der Waals surface area contributed by atoms with Crippen molar-refractivity contribution in [1.82, 2.24) is 9.88 Å². The molecule has 2 rings (SSSR count). The van der Waals surface area contributed by atoms with Gasteiger partial charge in [0.1, 0.15) is 17.9 Å². The fourth-order valence-electron chi connectivity index (χ4n) is 2.35. The number of methoxy groups -OCH3 is 2. The Kier molecular flexibility index (Phi) is 4.92. The van der Waals surface area contributed by atoms with Crippen LogP contribution < -0.4 is 5.32 Å². The molecule has 1 aromatic rings. The number of likely N-dealkylation sites (tertiary alicyclic amines) is 1. The van der Waals surface area contributed by atoms with Crippen LogP contribution in [0.15, 0.2) is 18.3 Å². The summed E-state index contributed by atoms with van der Waals surface area (Å²) in [5.41, 5.74) is 1.35. The number of hydrogen-bond acceptors (Lipinski definition) is 5. The van der Waals surface area contributed by atoms with Crippen LogP contribution in [0.4, 0.5) is 5.69 Å². The van der Waals surface area contributed by atoms with Crippen molar-refractivity contribution in [3.8, 4) is 0 Å². The van der Waals surface area contributed by atoms with Gasteiger partial charge in [-0.15, -0.1) is 0 Å². The third-order valence-electron chi connectivity index (χ3n) is 3.47. The standard InChI is InChI=1S/C14H21N3O3/c1-4-15-10-5-6-11(16-7-10)14(18)17-8-12(19-2)13(9-17)20-3/h5-7,12-13,15H,4,8-9H2,1-3H3. The summed E-state index contributed by atoms with van der Waals surface area (Å²) in [6.45, 7) is 3.90. The Balaban J connectivity index is 2.04. The maximum Gasteiger partial charge on any atom is 0.272 e. The highest BCUT2D eigenvalue weighted by Crippen LogP contribution is 2.18. The second-order valence-corrected chi connectivity index (χ2v) is 4.72. The number of ether oxygens (including phenoxy) is 2. The maximum absolute atomic E-state index is 12.4. The van der Waals surface area contributed by atoms with E-state index in [0.717, 1.165) is 12.2 Å². The van der Waals surface area contributed by atoms with Gasteiger partial charge in [0.25, 0.3) is 5.91 Å². The first kappa shape index (κ1) is 14.7. The summed E-state index contributed by atoms with van der Waals surface area (Å²) < 4.78 is 10.7. The summed E-state index contributed by atoms with van der Waals surface area (Å²) in [5.74, 6) is -0.0883. The van der Waals surface area contributed by atoms with Crippen molar-refractivity contribution in [2.75, 3.05) is 39.2 Å². The first-order valence-corrected chi connectivity index (χ1v) is 6.74. The summed E-state index contributed by atoms with van der Waals surface area (Å²) in [7, 11) is 3.27. The summed E-state index contributed by atoms with van der Waals surface area (Å²) in [6, 6.07) is 3.60. The van der Waals surface area contributed by atoms with Crippen molar-refractivity contribution in [2.45, 2.75) is 19.1 Å². The number of nitrogens with zero attached hydrogens (tertiary/aromatic N) is 2. The average Bonchev–Trinajstić information content (AvgIpc) is 2.91. The van der Waals surface area contributed by atoms with Gasteiger partial charge in [-0.3, -0.25) is 4.79 Å². The highest BCUT2D eigenvalue weighted by Gasteiger charge is 2.36. The molecule has 0 aliphatic carbocycles. The van der Waals surface area contributed by atoms with E-state index in [4.69, 9.17) is 9.47 Å². The molecule has 1 fully saturated rings. The lowest BCUT2D eigenvalue weighted by atomic mass is 10.3. The minimum Gasteiger partial charge on any atom is -0.384 e. The molecule has 0 aromatic carbocycles. The van der Waals surface area contributed by atoms with E-state index in [2.05, 4.69) is 10.3 Å². The number of carbonyl (C=O) groups excluding carboxylic acids is 1. The van der Waals surface area contributed by atoms with Gasteiger partial charge in [-0.05, 0) is 19.1 Å². The van der Waals surface area contributed by atoms with Gasteiger partial charge in [-0.2, -0.15) is 0 Å². The molecule has 110 valence electrons. The Labute approximate surface area is 119 Å². The third-order valence-corrected chi connectivity index (χ3v) is 3.47. The van der Waals surface area contributed by atoms with E-state index in [0.29, 0.717) is 18.8 Å². The van der Waals surface area contributed by atoms with Crippen LogP contribution >= 0.6 is 0 Å². The minimum atomic E-state index is -0.0883. The first-order chi connectivity index (χ1) is 9.69. The summed E-state index contributed by atoms with van der Waals surface area (Å²) in [5, 5.41) is 3.15. The number of hydrogen-bond donors (Lipinski definition) is 1. The van der Waals surface area contributed by atoms with Crippen LogP contribution in [-0.4, -0.2) is 61.9 Å². The van der Waals surface area contributed by atoms with Crippen LogP contribution in [0.3, 0.4) is 0 Å². The smallest absolute Gasteiger partial charge is 0.272 e.